The van der Waals surface area contributed by atoms with Crippen molar-refractivity contribution in [2.75, 3.05) is 11.5 Å². The van der Waals surface area contributed by atoms with Gasteiger partial charge in [-0.3, -0.25) is 4.79 Å². The number of carboxylic acid groups (broad SMARTS) is 1. The van der Waals surface area contributed by atoms with Crippen molar-refractivity contribution in [3.8, 4) is 0 Å². The first-order valence-electron chi connectivity index (χ1n) is 4.75. The summed E-state index contributed by atoms with van der Waals surface area (Å²) in [6, 6.07) is -1.31. The average Bonchev–Trinajstić information content (AvgIpc) is 2.08. The molecule has 2 unspecified atom stereocenters. The van der Waals surface area contributed by atoms with Crippen LogP contribution in [0.3, 0.4) is 0 Å². The van der Waals surface area contributed by atoms with E-state index in [2.05, 4.69) is 0 Å². The van der Waals surface area contributed by atoms with E-state index in [4.69, 9.17) is 10.8 Å². The van der Waals surface area contributed by atoms with Crippen molar-refractivity contribution in [1.29, 1.82) is 0 Å². The van der Waals surface area contributed by atoms with Crippen LogP contribution in [0.1, 0.15) is 12.8 Å². The van der Waals surface area contributed by atoms with Gasteiger partial charge in [-0.25, -0.2) is 8.42 Å². The van der Waals surface area contributed by atoms with Crippen molar-refractivity contribution in [3.63, 3.8) is 0 Å². The van der Waals surface area contributed by atoms with E-state index >= 15 is 0 Å². The van der Waals surface area contributed by atoms with Crippen LogP contribution >= 0.6 is 0 Å². The average molecular weight is 275 g/mol. The first-order valence-corrected chi connectivity index (χ1v) is 6.57. The Kier molecular flexibility index (Phi) is 3.45. The number of sulfone groups is 1. The van der Waals surface area contributed by atoms with Crippen molar-refractivity contribution in [3.05, 3.63) is 0 Å². The Bertz CT molecular complexity index is 419. The molecular formula is C8H12F3NO4S. The smallest absolute Gasteiger partial charge is 0.390 e. The summed E-state index contributed by atoms with van der Waals surface area (Å²) in [5.74, 6) is -3.25. The molecule has 17 heavy (non-hydrogen) atoms. The second kappa shape index (κ2) is 4.13. The molecular weight excluding hydrogens is 263 g/mol. The number of halogens is 3. The van der Waals surface area contributed by atoms with Gasteiger partial charge in [0.15, 0.2) is 9.84 Å². The van der Waals surface area contributed by atoms with Gasteiger partial charge in [0.25, 0.3) is 0 Å². The van der Waals surface area contributed by atoms with E-state index in [9.17, 15) is 26.4 Å². The van der Waals surface area contributed by atoms with Crippen LogP contribution in [0.4, 0.5) is 13.2 Å². The number of rotatable bonds is 2. The largest absolute Gasteiger partial charge is 0.481 e. The molecule has 0 aromatic heterocycles. The topological polar surface area (TPSA) is 97.5 Å². The van der Waals surface area contributed by atoms with Crippen LogP contribution in [-0.4, -0.2) is 43.2 Å². The zero-order chi connectivity index (χ0) is 13.5. The van der Waals surface area contributed by atoms with Crippen LogP contribution in [0.15, 0.2) is 0 Å². The second-order valence-corrected chi connectivity index (χ2v) is 6.42. The predicted octanol–water partition coefficient (Wildman–Crippen LogP) is 0.156. The van der Waals surface area contributed by atoms with Gasteiger partial charge < -0.3 is 10.8 Å². The Morgan fingerprint density at radius 3 is 2.41 bits per heavy atom. The zero-order valence-corrected chi connectivity index (χ0v) is 9.51. The molecule has 100 valence electrons. The number of carbonyl (C=O) groups is 1. The molecule has 0 spiro atoms. The molecule has 1 heterocycles. The normalized spacial score (nSPS) is 33.3. The van der Waals surface area contributed by atoms with Gasteiger partial charge in [0.2, 0.25) is 0 Å². The Morgan fingerprint density at radius 2 is 2.00 bits per heavy atom. The molecule has 2 atom stereocenters. The maximum Gasteiger partial charge on any atom is 0.390 e. The van der Waals surface area contributed by atoms with Crippen LogP contribution in [0, 0.1) is 5.41 Å². The van der Waals surface area contributed by atoms with Gasteiger partial charge in [-0.15, -0.1) is 0 Å². The zero-order valence-electron chi connectivity index (χ0n) is 8.70. The minimum atomic E-state index is -4.77. The predicted molar refractivity (Wildman–Crippen MR) is 52.0 cm³/mol. The molecule has 1 rings (SSSR count). The third kappa shape index (κ3) is 3.09. The van der Waals surface area contributed by atoms with Crippen LogP contribution in [0.5, 0.6) is 0 Å². The van der Waals surface area contributed by atoms with Crippen LogP contribution in [0.2, 0.25) is 0 Å². The minimum absolute atomic E-state index is 0.273. The number of hydrogen-bond donors (Lipinski definition) is 2. The number of aliphatic carboxylic acids is 1. The van der Waals surface area contributed by atoms with Crippen LogP contribution < -0.4 is 5.73 Å². The highest BCUT2D eigenvalue weighted by Crippen LogP contribution is 2.40. The van der Waals surface area contributed by atoms with E-state index in [1.54, 1.807) is 0 Å². The fourth-order valence-electron chi connectivity index (χ4n) is 1.99. The lowest BCUT2D eigenvalue weighted by atomic mass is 9.77. The summed E-state index contributed by atoms with van der Waals surface area (Å²) in [5, 5.41) is 8.91. The lowest BCUT2D eigenvalue weighted by molar-refractivity contribution is -0.179. The molecule has 1 aliphatic rings. The fraction of sp³-hybridized carbons (Fsp3) is 0.875. The Hall–Kier alpha value is -0.830. The molecule has 1 saturated heterocycles. The summed E-state index contributed by atoms with van der Waals surface area (Å²) < 4.78 is 59.7. The molecule has 0 aliphatic carbocycles. The fourth-order valence-corrected chi connectivity index (χ4v) is 3.97. The van der Waals surface area contributed by atoms with Crippen LogP contribution in [-0.2, 0) is 14.6 Å². The molecule has 1 aliphatic heterocycles. The maximum atomic E-state index is 12.4. The highest BCUT2D eigenvalue weighted by Gasteiger charge is 2.56. The lowest BCUT2D eigenvalue weighted by Crippen LogP contribution is -2.57. The maximum absolute atomic E-state index is 12.4. The summed E-state index contributed by atoms with van der Waals surface area (Å²) in [4.78, 5) is 11.0. The van der Waals surface area contributed by atoms with Crippen molar-refractivity contribution in [2.24, 2.45) is 11.1 Å². The van der Waals surface area contributed by atoms with Gasteiger partial charge in [0.1, 0.15) is 5.41 Å². The summed E-state index contributed by atoms with van der Waals surface area (Å²) >= 11 is 0. The lowest BCUT2D eigenvalue weighted by Gasteiger charge is -2.38. The number of alkyl halides is 3. The van der Waals surface area contributed by atoms with E-state index < -0.39 is 45.6 Å². The molecule has 5 nitrogen and oxygen atoms in total. The van der Waals surface area contributed by atoms with Gasteiger partial charge >= 0.3 is 12.1 Å². The Morgan fingerprint density at radius 1 is 1.47 bits per heavy atom. The molecule has 0 aromatic rings. The summed E-state index contributed by atoms with van der Waals surface area (Å²) in [5.41, 5.74) is 2.93. The van der Waals surface area contributed by atoms with E-state index in [1.807, 2.05) is 0 Å². The van der Waals surface area contributed by atoms with Crippen molar-refractivity contribution < 1.29 is 31.5 Å². The van der Waals surface area contributed by atoms with Crippen molar-refractivity contribution >= 4 is 15.8 Å². The first-order chi connectivity index (χ1) is 7.49. The van der Waals surface area contributed by atoms with Gasteiger partial charge in [-0.05, 0) is 6.42 Å². The minimum Gasteiger partial charge on any atom is -0.481 e. The molecule has 0 saturated carbocycles. The monoisotopic (exact) mass is 275 g/mol. The van der Waals surface area contributed by atoms with Gasteiger partial charge in [0.05, 0.1) is 17.9 Å². The molecule has 0 radical (unpaired) electrons. The highest BCUT2D eigenvalue weighted by atomic mass is 32.2. The second-order valence-electron chi connectivity index (χ2n) is 4.24. The molecule has 0 amide bonds. The van der Waals surface area contributed by atoms with Gasteiger partial charge in [0, 0.05) is 6.04 Å². The standard InChI is InChI=1S/C8H12F3NO4S/c9-8(10,11)3-7(6(13)14)4-17(15,16)2-1-5(7)12/h5H,1-4,12H2,(H,13,14). The number of nitrogens with two attached hydrogens (primary N) is 1. The third-order valence-corrected chi connectivity index (χ3v) is 4.68. The van der Waals surface area contributed by atoms with E-state index in [0.717, 1.165) is 0 Å². The van der Waals surface area contributed by atoms with Gasteiger partial charge in [-0.2, -0.15) is 13.2 Å². The van der Waals surface area contributed by atoms with E-state index in [1.165, 1.54) is 0 Å². The summed E-state index contributed by atoms with van der Waals surface area (Å²) in [6.07, 6.45) is -6.77. The third-order valence-electron chi connectivity index (χ3n) is 2.87. The van der Waals surface area contributed by atoms with Crippen molar-refractivity contribution in [1.82, 2.24) is 0 Å². The molecule has 1 fully saturated rings. The molecule has 0 bridgehead atoms. The molecule has 0 aromatic carbocycles. The van der Waals surface area contributed by atoms with E-state index in [0.29, 0.717) is 0 Å². The molecule has 3 N–H and O–H groups in total. The van der Waals surface area contributed by atoms with E-state index in [-0.39, 0.29) is 12.2 Å². The number of carboxylic acids is 1. The quantitative estimate of drug-likeness (QED) is 0.748. The summed E-state index contributed by atoms with van der Waals surface area (Å²) in [6.45, 7) is 0. The SMILES string of the molecule is NC1CCS(=O)(=O)CC1(CC(F)(F)F)C(=O)O. The molecule has 9 heteroatoms. The van der Waals surface area contributed by atoms with Crippen LogP contribution in [0.25, 0.3) is 0 Å². The van der Waals surface area contributed by atoms with Gasteiger partial charge in [-0.1, -0.05) is 0 Å². The highest BCUT2D eigenvalue weighted by molar-refractivity contribution is 7.91. The summed E-state index contributed by atoms with van der Waals surface area (Å²) in [7, 11) is -3.80. The Labute approximate surface area is 95.7 Å². The Balaban J connectivity index is 3.17. The first kappa shape index (κ1) is 14.2. The number of hydrogen-bond acceptors (Lipinski definition) is 4. The van der Waals surface area contributed by atoms with Crippen molar-refractivity contribution in [2.45, 2.75) is 25.1 Å².